The highest BCUT2D eigenvalue weighted by Gasteiger charge is 2.19. The Labute approximate surface area is 153 Å². The summed E-state index contributed by atoms with van der Waals surface area (Å²) < 4.78 is 32.0. The Morgan fingerprint density at radius 3 is 1.76 bits per heavy atom. The molecule has 0 amide bonds. The predicted octanol–water partition coefficient (Wildman–Crippen LogP) is 5.88. The molecule has 0 aromatic heterocycles. The van der Waals surface area contributed by atoms with Crippen LogP contribution in [0.2, 0.25) is 0 Å². The molecule has 0 radical (unpaired) electrons. The zero-order valence-electron chi connectivity index (χ0n) is 15.5. The molecule has 1 aromatic rings. The van der Waals surface area contributed by atoms with E-state index in [4.69, 9.17) is 0 Å². The van der Waals surface area contributed by atoms with Crippen LogP contribution in [0.4, 0.5) is 0 Å². The highest BCUT2D eigenvalue weighted by Crippen LogP contribution is 2.27. The maximum atomic E-state index is 11.4. The van der Waals surface area contributed by atoms with Crippen LogP contribution in [0.1, 0.15) is 89.5 Å². The van der Waals surface area contributed by atoms with Crippen molar-refractivity contribution in [1.29, 1.82) is 0 Å². The van der Waals surface area contributed by atoms with Crippen molar-refractivity contribution in [2.45, 2.75) is 95.3 Å². The molecule has 5 heteroatoms. The van der Waals surface area contributed by atoms with Crippen LogP contribution in [0.5, 0.6) is 5.75 Å². The van der Waals surface area contributed by atoms with Gasteiger partial charge < -0.3 is 5.11 Å². The Balaban J connectivity index is 2.14. The van der Waals surface area contributed by atoms with Gasteiger partial charge in [-0.3, -0.25) is 4.55 Å². The Bertz CT molecular complexity index is 581. The highest BCUT2D eigenvalue weighted by atomic mass is 32.2. The summed E-state index contributed by atoms with van der Waals surface area (Å²) in [6.45, 7) is 2.24. The molecule has 25 heavy (non-hydrogen) atoms. The predicted molar refractivity (Wildman–Crippen MR) is 103 cm³/mol. The van der Waals surface area contributed by atoms with Crippen LogP contribution in [0.25, 0.3) is 0 Å². The molecule has 0 aliphatic carbocycles. The zero-order valence-corrected chi connectivity index (χ0v) is 16.4. The fourth-order valence-electron chi connectivity index (χ4n) is 3.22. The summed E-state index contributed by atoms with van der Waals surface area (Å²) in [6, 6.07) is 4.55. The molecule has 2 N–H and O–H groups in total. The quantitative estimate of drug-likeness (QED) is 0.317. The van der Waals surface area contributed by atoms with E-state index in [2.05, 4.69) is 6.92 Å². The van der Waals surface area contributed by atoms with E-state index in [1.807, 2.05) is 0 Å². The van der Waals surface area contributed by atoms with E-state index in [0.717, 1.165) is 19.3 Å². The van der Waals surface area contributed by atoms with Gasteiger partial charge in [-0.05, 0) is 24.5 Å². The fraction of sp³-hybridized carbons (Fsp3) is 0.700. The topological polar surface area (TPSA) is 74.6 Å². The third-order valence-electron chi connectivity index (χ3n) is 4.63. The van der Waals surface area contributed by atoms with Crippen LogP contribution in [-0.2, 0) is 16.5 Å². The van der Waals surface area contributed by atoms with Gasteiger partial charge in [-0.2, -0.15) is 8.42 Å². The summed E-state index contributed by atoms with van der Waals surface area (Å²) in [6.07, 6.45) is 15.5. The molecule has 0 fully saturated rings. The van der Waals surface area contributed by atoms with Gasteiger partial charge in [0.1, 0.15) is 10.6 Å². The van der Waals surface area contributed by atoms with Gasteiger partial charge in [-0.1, -0.05) is 89.7 Å². The second-order valence-electron chi connectivity index (χ2n) is 6.88. The average molecular weight is 371 g/mol. The van der Waals surface area contributed by atoms with Gasteiger partial charge in [0.25, 0.3) is 10.1 Å². The Morgan fingerprint density at radius 2 is 1.28 bits per heavy atom. The molecule has 0 aliphatic rings. The lowest BCUT2D eigenvalue weighted by Crippen LogP contribution is -2.03. The monoisotopic (exact) mass is 370 g/mol. The summed E-state index contributed by atoms with van der Waals surface area (Å²) in [5, 5.41) is 9.68. The first-order valence-electron chi connectivity index (χ1n) is 9.75. The second-order valence-corrected chi connectivity index (χ2v) is 8.24. The van der Waals surface area contributed by atoms with Crippen molar-refractivity contribution in [2.24, 2.45) is 0 Å². The van der Waals surface area contributed by atoms with Crippen LogP contribution in [0.15, 0.2) is 23.1 Å². The highest BCUT2D eigenvalue weighted by molar-refractivity contribution is 7.86. The van der Waals surface area contributed by atoms with Gasteiger partial charge in [-0.25, -0.2) is 0 Å². The van der Waals surface area contributed by atoms with E-state index in [-0.39, 0.29) is 10.6 Å². The fourth-order valence-corrected chi connectivity index (χ4v) is 4.06. The minimum Gasteiger partial charge on any atom is -0.506 e. The Hall–Kier alpha value is -1.07. The van der Waals surface area contributed by atoms with E-state index in [1.165, 1.54) is 63.9 Å². The molecule has 1 aromatic carbocycles. The van der Waals surface area contributed by atoms with Gasteiger partial charge in [0.2, 0.25) is 0 Å². The Kier molecular flexibility index (Phi) is 10.8. The molecule has 0 saturated heterocycles. The summed E-state index contributed by atoms with van der Waals surface area (Å²) in [5.74, 6) is -0.376. The van der Waals surface area contributed by atoms with E-state index in [9.17, 15) is 18.1 Å². The van der Waals surface area contributed by atoms with Crippen molar-refractivity contribution >= 4 is 10.1 Å². The molecule has 0 saturated carbocycles. The standard InChI is InChI=1S/C20H34O4S/c1-2-3-4-5-6-7-8-9-10-11-12-13-15-18-16-14-17-19(21)20(18)25(22,23)24/h14,16-17,21H,2-13,15H2,1H3,(H,22,23,24). The SMILES string of the molecule is CCCCCCCCCCCCCCc1cccc(O)c1S(=O)(=O)O. The molecule has 0 spiro atoms. The van der Waals surface area contributed by atoms with Crippen molar-refractivity contribution in [3.8, 4) is 5.75 Å². The number of hydrogen-bond donors (Lipinski definition) is 2. The van der Waals surface area contributed by atoms with Gasteiger partial charge in [-0.15, -0.1) is 0 Å². The number of benzene rings is 1. The van der Waals surface area contributed by atoms with Crippen molar-refractivity contribution < 1.29 is 18.1 Å². The molecule has 4 nitrogen and oxygen atoms in total. The van der Waals surface area contributed by atoms with Gasteiger partial charge in [0, 0.05) is 0 Å². The van der Waals surface area contributed by atoms with Gasteiger partial charge >= 0.3 is 0 Å². The molecule has 144 valence electrons. The molecule has 0 aliphatic heterocycles. The molecule has 0 heterocycles. The molecule has 0 atom stereocenters. The summed E-state index contributed by atoms with van der Waals surface area (Å²) in [7, 11) is -4.38. The van der Waals surface area contributed by atoms with Crippen LogP contribution in [-0.4, -0.2) is 18.1 Å². The van der Waals surface area contributed by atoms with Crippen molar-refractivity contribution in [1.82, 2.24) is 0 Å². The minimum absolute atomic E-state index is 0.335. The van der Waals surface area contributed by atoms with Crippen LogP contribution in [0.3, 0.4) is 0 Å². The number of rotatable bonds is 14. The summed E-state index contributed by atoms with van der Waals surface area (Å²) in [5.41, 5.74) is 0.495. The molecule has 0 bridgehead atoms. The third-order valence-corrected chi connectivity index (χ3v) is 5.62. The first kappa shape index (κ1) is 22.0. The third kappa shape index (κ3) is 9.26. The maximum absolute atomic E-state index is 11.4. The van der Waals surface area contributed by atoms with Gasteiger partial charge in [0.05, 0.1) is 0 Å². The molecule has 0 unspecified atom stereocenters. The lowest BCUT2D eigenvalue weighted by atomic mass is 10.0. The number of phenols is 1. The van der Waals surface area contributed by atoms with Crippen LogP contribution in [0, 0.1) is 0 Å². The molecular formula is C20H34O4S. The van der Waals surface area contributed by atoms with Crippen molar-refractivity contribution in [3.05, 3.63) is 23.8 Å². The number of unbranched alkanes of at least 4 members (excludes halogenated alkanes) is 11. The van der Waals surface area contributed by atoms with Gasteiger partial charge in [0.15, 0.2) is 0 Å². The van der Waals surface area contributed by atoms with E-state index >= 15 is 0 Å². The average Bonchev–Trinajstić information content (AvgIpc) is 2.54. The minimum atomic E-state index is -4.38. The normalized spacial score (nSPS) is 11.8. The largest absolute Gasteiger partial charge is 0.506 e. The number of aryl methyl sites for hydroxylation is 1. The van der Waals surface area contributed by atoms with Crippen LogP contribution >= 0.6 is 0 Å². The number of hydrogen-bond acceptors (Lipinski definition) is 3. The van der Waals surface area contributed by atoms with E-state index in [1.54, 1.807) is 12.1 Å². The summed E-state index contributed by atoms with van der Waals surface area (Å²) in [4.78, 5) is -0.335. The smallest absolute Gasteiger partial charge is 0.298 e. The first-order valence-corrected chi connectivity index (χ1v) is 11.2. The second kappa shape index (κ2) is 12.3. The first-order chi connectivity index (χ1) is 12.0. The van der Waals surface area contributed by atoms with Crippen molar-refractivity contribution in [3.63, 3.8) is 0 Å². The summed E-state index contributed by atoms with van der Waals surface area (Å²) >= 11 is 0. The van der Waals surface area contributed by atoms with Crippen LogP contribution < -0.4 is 0 Å². The van der Waals surface area contributed by atoms with Crippen molar-refractivity contribution in [2.75, 3.05) is 0 Å². The van der Waals surface area contributed by atoms with E-state index < -0.39 is 10.1 Å². The maximum Gasteiger partial charge on any atom is 0.298 e. The Morgan fingerprint density at radius 1 is 0.800 bits per heavy atom. The zero-order chi connectivity index (χ0) is 18.5. The number of phenolic OH excluding ortho intramolecular Hbond substituents is 1. The molecular weight excluding hydrogens is 336 g/mol. The molecule has 1 rings (SSSR count). The number of aromatic hydroxyl groups is 1. The van der Waals surface area contributed by atoms with E-state index in [0.29, 0.717) is 12.0 Å². The lowest BCUT2D eigenvalue weighted by molar-refractivity contribution is 0.440. The lowest BCUT2D eigenvalue weighted by Gasteiger charge is -2.09.